The first kappa shape index (κ1) is 27.4. The predicted molar refractivity (Wildman–Crippen MR) is 99.1 cm³/mol. The predicted octanol–water partition coefficient (Wildman–Crippen LogP) is 3.76. The van der Waals surface area contributed by atoms with Crippen LogP contribution in [0.2, 0.25) is 5.02 Å². The van der Waals surface area contributed by atoms with Gasteiger partial charge in [-0.1, -0.05) is 11.6 Å². The first-order valence-electron chi connectivity index (χ1n) is 8.36. The molecular formula is C16H10ClF6NO9S. The van der Waals surface area contributed by atoms with Gasteiger partial charge in [0.1, 0.15) is 9.92 Å². The maximum absolute atomic E-state index is 12.7. The summed E-state index contributed by atoms with van der Waals surface area (Å²) in [5.74, 6) is -2.85. The third-order valence-corrected chi connectivity index (χ3v) is 5.72. The monoisotopic (exact) mass is 541 g/mol. The van der Waals surface area contributed by atoms with Gasteiger partial charge in [-0.2, -0.15) is 34.8 Å². The molecule has 0 spiro atoms. The number of benzene rings is 2. The van der Waals surface area contributed by atoms with Crippen LogP contribution in [0.4, 0.5) is 32.0 Å². The molecule has 34 heavy (non-hydrogen) atoms. The lowest BCUT2D eigenvalue weighted by Gasteiger charge is -2.32. The van der Waals surface area contributed by atoms with Crippen LogP contribution in [0.3, 0.4) is 0 Å². The number of nitro groups is 1. The molecule has 0 saturated carbocycles. The van der Waals surface area contributed by atoms with Crippen molar-refractivity contribution in [2.24, 2.45) is 0 Å². The molecule has 0 atom stereocenters. The van der Waals surface area contributed by atoms with Gasteiger partial charge in [-0.05, 0) is 18.2 Å². The van der Waals surface area contributed by atoms with Gasteiger partial charge in [0.25, 0.3) is 15.7 Å². The Morgan fingerprint density at radius 1 is 1.09 bits per heavy atom. The third-order valence-electron chi connectivity index (χ3n) is 4.44. The zero-order valence-electron chi connectivity index (χ0n) is 15.9. The molecule has 0 aliphatic rings. The number of nitrogens with zero attached hydrogens (tertiary/aromatic N) is 1. The highest BCUT2D eigenvalue weighted by Crippen LogP contribution is 2.45. The standard InChI is InChI=1S/C16H10ClF6NO9S/c17-11-8-3-6(13(26)33-2-1-14(27,15(18,19)20)16(21,22)23)4-10(34(30,31)32)7(8)5-9(25)12(11)24(28)29/h3-5,25,27H,1-2H2,(H,30,31,32). The number of hydrogen-bond acceptors (Lipinski definition) is 8. The van der Waals surface area contributed by atoms with Crippen molar-refractivity contribution in [2.45, 2.75) is 29.3 Å². The van der Waals surface area contributed by atoms with Gasteiger partial charge in [0, 0.05) is 17.2 Å². The number of phenolic OH excluding ortho intramolecular Hbond substituents is 1. The number of halogens is 7. The van der Waals surface area contributed by atoms with Gasteiger partial charge in [-0.25, -0.2) is 4.79 Å². The second-order valence-corrected chi connectivity index (χ2v) is 8.37. The molecule has 0 aromatic heterocycles. The molecular weight excluding hydrogens is 532 g/mol. The largest absolute Gasteiger partial charge is 0.502 e. The normalized spacial score (nSPS) is 13.2. The Kier molecular flexibility index (Phi) is 7.01. The number of carbonyl (C=O) groups excluding carboxylic acids is 1. The quantitative estimate of drug-likeness (QED) is 0.162. The minimum Gasteiger partial charge on any atom is -0.502 e. The van der Waals surface area contributed by atoms with E-state index in [1.165, 1.54) is 0 Å². The summed E-state index contributed by atoms with van der Waals surface area (Å²) in [7, 11) is -5.22. The lowest BCUT2D eigenvalue weighted by atomic mass is 9.99. The van der Waals surface area contributed by atoms with E-state index in [1.54, 1.807) is 0 Å². The minimum atomic E-state index is -6.19. The number of ether oxygens (including phenoxy) is 1. The molecule has 0 unspecified atom stereocenters. The second kappa shape index (κ2) is 8.71. The molecule has 18 heteroatoms. The first-order chi connectivity index (χ1) is 15.2. The summed E-state index contributed by atoms with van der Waals surface area (Å²) in [4.78, 5) is 20.9. The van der Waals surface area contributed by atoms with E-state index in [0.29, 0.717) is 18.2 Å². The van der Waals surface area contributed by atoms with Crippen LogP contribution in [0.15, 0.2) is 23.1 Å². The molecule has 0 saturated heterocycles. The summed E-state index contributed by atoms with van der Waals surface area (Å²) < 4.78 is 113. The number of fused-ring (bicyclic) bond motifs is 1. The second-order valence-electron chi connectivity index (χ2n) is 6.60. The Balaban J connectivity index is 2.53. The van der Waals surface area contributed by atoms with E-state index in [-0.39, 0.29) is 0 Å². The molecule has 0 fully saturated rings. The number of phenols is 1. The van der Waals surface area contributed by atoms with Crippen LogP contribution in [0.5, 0.6) is 5.75 Å². The smallest absolute Gasteiger partial charge is 0.426 e. The average molecular weight is 542 g/mol. The Morgan fingerprint density at radius 3 is 2.06 bits per heavy atom. The number of alkyl halides is 6. The van der Waals surface area contributed by atoms with Crippen LogP contribution in [0, 0.1) is 10.1 Å². The number of aromatic hydroxyl groups is 1. The van der Waals surface area contributed by atoms with E-state index in [0.717, 1.165) is 0 Å². The average Bonchev–Trinajstić information content (AvgIpc) is 2.64. The van der Waals surface area contributed by atoms with Crippen LogP contribution < -0.4 is 0 Å². The van der Waals surface area contributed by atoms with Gasteiger partial charge < -0.3 is 14.9 Å². The van der Waals surface area contributed by atoms with E-state index in [9.17, 15) is 59.3 Å². The van der Waals surface area contributed by atoms with E-state index < -0.39 is 89.7 Å². The summed E-state index contributed by atoms with van der Waals surface area (Å²) in [5, 5.41) is 27.7. The third kappa shape index (κ3) is 4.96. The van der Waals surface area contributed by atoms with Crippen LogP contribution >= 0.6 is 11.6 Å². The number of aliphatic hydroxyl groups is 1. The fourth-order valence-electron chi connectivity index (χ4n) is 2.73. The lowest BCUT2D eigenvalue weighted by Crippen LogP contribution is -2.57. The van der Waals surface area contributed by atoms with Gasteiger partial charge in [-0.15, -0.1) is 0 Å². The SMILES string of the molecule is O=C(OCCC(O)(C(F)(F)F)C(F)(F)F)c1cc(S(=O)(=O)O)c2cc(O)c([N+](=O)[O-])c(Cl)c2c1. The molecule has 2 aromatic carbocycles. The van der Waals surface area contributed by atoms with Crippen molar-refractivity contribution in [3.05, 3.63) is 38.9 Å². The molecule has 2 aromatic rings. The molecule has 0 bridgehead atoms. The molecule has 0 heterocycles. The van der Waals surface area contributed by atoms with E-state index in [4.69, 9.17) is 16.7 Å². The van der Waals surface area contributed by atoms with E-state index in [2.05, 4.69) is 4.74 Å². The van der Waals surface area contributed by atoms with Crippen molar-refractivity contribution in [3.8, 4) is 5.75 Å². The fraction of sp³-hybridized carbons (Fsp3) is 0.312. The number of esters is 1. The maximum Gasteiger partial charge on any atom is 0.426 e. The number of hydrogen-bond donors (Lipinski definition) is 3. The van der Waals surface area contributed by atoms with Crippen molar-refractivity contribution in [1.82, 2.24) is 0 Å². The Hall–Kier alpha value is -2.89. The van der Waals surface area contributed by atoms with Gasteiger partial charge >= 0.3 is 24.0 Å². The number of nitro benzene ring substituents is 1. The van der Waals surface area contributed by atoms with Crippen molar-refractivity contribution < 1.29 is 64.0 Å². The molecule has 0 radical (unpaired) electrons. The highest BCUT2D eigenvalue weighted by molar-refractivity contribution is 7.86. The lowest BCUT2D eigenvalue weighted by molar-refractivity contribution is -0.385. The van der Waals surface area contributed by atoms with Crippen LogP contribution in [-0.2, 0) is 14.9 Å². The Morgan fingerprint density at radius 2 is 1.62 bits per heavy atom. The summed E-state index contributed by atoms with van der Waals surface area (Å²) in [6, 6.07) is 1.52. The number of rotatable bonds is 6. The van der Waals surface area contributed by atoms with E-state index in [1.807, 2.05) is 0 Å². The summed E-state index contributed by atoms with van der Waals surface area (Å²) >= 11 is 5.79. The van der Waals surface area contributed by atoms with Crippen LogP contribution in [0.25, 0.3) is 10.8 Å². The molecule has 0 amide bonds. The van der Waals surface area contributed by atoms with Gasteiger partial charge in [-0.3, -0.25) is 14.7 Å². The molecule has 188 valence electrons. The van der Waals surface area contributed by atoms with Gasteiger partial charge in [0.2, 0.25) is 0 Å². The van der Waals surface area contributed by atoms with Crippen LogP contribution in [-0.4, -0.2) is 58.6 Å². The maximum atomic E-state index is 12.7. The molecule has 0 aliphatic heterocycles. The van der Waals surface area contributed by atoms with Crippen LogP contribution in [0.1, 0.15) is 16.8 Å². The highest BCUT2D eigenvalue weighted by atomic mass is 35.5. The fourth-order valence-corrected chi connectivity index (χ4v) is 3.77. The number of carbonyl (C=O) groups is 1. The van der Waals surface area contributed by atoms with Gasteiger partial charge in [0.15, 0.2) is 5.75 Å². The molecule has 10 nitrogen and oxygen atoms in total. The minimum absolute atomic E-state index is 0.376. The zero-order chi connectivity index (χ0) is 26.4. The zero-order valence-corrected chi connectivity index (χ0v) is 17.5. The van der Waals surface area contributed by atoms with Crippen molar-refractivity contribution in [1.29, 1.82) is 0 Å². The molecule has 2 rings (SSSR count). The first-order valence-corrected chi connectivity index (χ1v) is 10.2. The Bertz CT molecular complexity index is 1260. The summed E-state index contributed by atoms with van der Waals surface area (Å²) in [5.41, 5.74) is -7.28. The molecule has 3 N–H and O–H groups in total. The summed E-state index contributed by atoms with van der Waals surface area (Å²) in [6.07, 6.45) is -14.6. The van der Waals surface area contributed by atoms with E-state index >= 15 is 0 Å². The van der Waals surface area contributed by atoms with Crippen molar-refractivity contribution in [3.63, 3.8) is 0 Å². The summed E-state index contributed by atoms with van der Waals surface area (Å²) in [6.45, 7) is -1.66. The Labute approximate surface area is 189 Å². The van der Waals surface area contributed by atoms with Gasteiger partial charge in [0.05, 0.1) is 17.1 Å². The highest BCUT2D eigenvalue weighted by Gasteiger charge is 2.70. The molecule has 0 aliphatic carbocycles. The van der Waals surface area contributed by atoms with Crippen molar-refractivity contribution >= 4 is 44.1 Å². The topological polar surface area (TPSA) is 164 Å². The van der Waals surface area contributed by atoms with Crippen molar-refractivity contribution in [2.75, 3.05) is 6.61 Å².